The van der Waals surface area contributed by atoms with Crippen molar-refractivity contribution >= 4 is 5.91 Å². The molecular weight excluding hydrogens is 250 g/mol. The maximum Gasteiger partial charge on any atom is 0.271 e. The summed E-state index contributed by atoms with van der Waals surface area (Å²) in [5.41, 5.74) is 2.44. The van der Waals surface area contributed by atoms with E-state index in [4.69, 9.17) is 0 Å². The molecular formula is C16H19N3O. The summed E-state index contributed by atoms with van der Waals surface area (Å²) in [5.74, 6) is 0.0709. The van der Waals surface area contributed by atoms with Crippen LogP contribution >= 0.6 is 0 Å². The monoisotopic (exact) mass is 269 g/mol. The largest absolute Gasteiger partial charge is 0.337 e. The zero-order valence-corrected chi connectivity index (χ0v) is 11.5. The van der Waals surface area contributed by atoms with Gasteiger partial charge < -0.3 is 4.90 Å². The summed E-state index contributed by atoms with van der Waals surface area (Å²) in [5, 5.41) is 7.13. The zero-order chi connectivity index (χ0) is 13.8. The van der Waals surface area contributed by atoms with Crippen molar-refractivity contribution in [3.05, 3.63) is 42.1 Å². The molecule has 1 aliphatic heterocycles. The Morgan fingerprint density at radius 3 is 2.45 bits per heavy atom. The Labute approximate surface area is 118 Å². The summed E-state index contributed by atoms with van der Waals surface area (Å²) in [6.45, 7) is 1.72. The van der Waals surface area contributed by atoms with Gasteiger partial charge in [0.25, 0.3) is 5.91 Å². The number of rotatable bonds is 2. The van der Waals surface area contributed by atoms with Gasteiger partial charge >= 0.3 is 0 Å². The van der Waals surface area contributed by atoms with Gasteiger partial charge in [-0.05, 0) is 18.9 Å². The Bertz CT molecular complexity index is 568. The molecule has 0 radical (unpaired) electrons. The predicted octanol–water partition coefficient (Wildman–Crippen LogP) is 3.09. The van der Waals surface area contributed by atoms with Gasteiger partial charge in [0.15, 0.2) is 0 Å². The number of hydrogen-bond donors (Lipinski definition) is 1. The summed E-state index contributed by atoms with van der Waals surface area (Å²) in [6, 6.07) is 11.8. The van der Waals surface area contributed by atoms with Crippen LogP contribution in [0.2, 0.25) is 0 Å². The van der Waals surface area contributed by atoms with E-state index < -0.39 is 0 Å². The third kappa shape index (κ3) is 2.74. The zero-order valence-electron chi connectivity index (χ0n) is 11.5. The molecule has 0 saturated carbocycles. The lowest BCUT2D eigenvalue weighted by atomic mass is 10.1. The van der Waals surface area contributed by atoms with Crippen molar-refractivity contribution in [2.45, 2.75) is 25.7 Å². The third-order valence-electron chi connectivity index (χ3n) is 3.77. The highest BCUT2D eigenvalue weighted by atomic mass is 16.2. The van der Waals surface area contributed by atoms with E-state index in [1.807, 2.05) is 41.3 Å². The average Bonchev–Trinajstić information content (AvgIpc) is 2.83. The van der Waals surface area contributed by atoms with Crippen molar-refractivity contribution < 1.29 is 4.79 Å². The summed E-state index contributed by atoms with van der Waals surface area (Å²) in [6.07, 6.45) is 4.65. The standard InChI is InChI=1S/C16H19N3O/c20-16(19-10-6-1-2-7-11-19)15-12-14(17-18-15)13-8-4-3-5-9-13/h3-5,8-9,12H,1-2,6-7,10-11H2,(H,17,18). The fourth-order valence-electron chi connectivity index (χ4n) is 2.63. The Hall–Kier alpha value is -2.10. The molecule has 1 saturated heterocycles. The van der Waals surface area contributed by atoms with Gasteiger partial charge in [0.2, 0.25) is 0 Å². The van der Waals surface area contributed by atoms with Gasteiger partial charge in [-0.2, -0.15) is 5.10 Å². The minimum absolute atomic E-state index is 0.0709. The number of likely N-dealkylation sites (tertiary alicyclic amines) is 1. The molecule has 1 amide bonds. The highest BCUT2D eigenvalue weighted by Gasteiger charge is 2.19. The van der Waals surface area contributed by atoms with Gasteiger partial charge in [-0.15, -0.1) is 0 Å². The van der Waals surface area contributed by atoms with Crippen LogP contribution in [0.1, 0.15) is 36.2 Å². The molecule has 104 valence electrons. The van der Waals surface area contributed by atoms with Crippen LogP contribution in [0.4, 0.5) is 0 Å². The average molecular weight is 269 g/mol. The van der Waals surface area contributed by atoms with E-state index >= 15 is 0 Å². The second-order valence-electron chi connectivity index (χ2n) is 5.24. The molecule has 1 N–H and O–H groups in total. The number of carbonyl (C=O) groups excluding carboxylic acids is 1. The highest BCUT2D eigenvalue weighted by Crippen LogP contribution is 2.18. The number of H-pyrrole nitrogens is 1. The predicted molar refractivity (Wildman–Crippen MR) is 78.4 cm³/mol. The van der Waals surface area contributed by atoms with Crippen molar-refractivity contribution in [1.82, 2.24) is 15.1 Å². The van der Waals surface area contributed by atoms with Gasteiger partial charge in [-0.3, -0.25) is 9.89 Å². The number of amides is 1. The van der Waals surface area contributed by atoms with Crippen LogP contribution < -0.4 is 0 Å². The lowest BCUT2D eigenvalue weighted by Crippen LogP contribution is -2.32. The molecule has 0 aliphatic carbocycles. The number of hydrogen-bond acceptors (Lipinski definition) is 2. The first-order chi connectivity index (χ1) is 9.84. The molecule has 4 heteroatoms. The summed E-state index contributed by atoms with van der Waals surface area (Å²) < 4.78 is 0. The molecule has 3 rings (SSSR count). The van der Waals surface area contributed by atoms with Gasteiger partial charge in [0.05, 0.1) is 5.69 Å². The number of nitrogens with one attached hydrogen (secondary N) is 1. The van der Waals surface area contributed by atoms with Crippen molar-refractivity contribution in [3.8, 4) is 11.3 Å². The number of nitrogens with zero attached hydrogens (tertiary/aromatic N) is 2. The number of aromatic amines is 1. The second kappa shape index (κ2) is 5.90. The van der Waals surface area contributed by atoms with Crippen molar-refractivity contribution in [2.75, 3.05) is 13.1 Å². The van der Waals surface area contributed by atoms with Crippen molar-refractivity contribution in [1.29, 1.82) is 0 Å². The van der Waals surface area contributed by atoms with E-state index in [1.165, 1.54) is 12.8 Å². The highest BCUT2D eigenvalue weighted by molar-refractivity contribution is 5.93. The van der Waals surface area contributed by atoms with Gasteiger partial charge in [-0.25, -0.2) is 0 Å². The fourth-order valence-corrected chi connectivity index (χ4v) is 2.63. The van der Waals surface area contributed by atoms with Crippen LogP contribution in [0.15, 0.2) is 36.4 Å². The van der Waals surface area contributed by atoms with E-state index in [1.54, 1.807) is 0 Å². The molecule has 2 aromatic rings. The lowest BCUT2D eigenvalue weighted by molar-refractivity contribution is 0.0755. The van der Waals surface area contributed by atoms with Gasteiger partial charge in [-0.1, -0.05) is 43.2 Å². The Morgan fingerprint density at radius 2 is 1.75 bits per heavy atom. The molecule has 20 heavy (non-hydrogen) atoms. The van der Waals surface area contributed by atoms with Gasteiger partial charge in [0, 0.05) is 18.7 Å². The molecule has 1 aromatic heterocycles. The summed E-state index contributed by atoms with van der Waals surface area (Å²) in [4.78, 5) is 14.4. The van der Waals surface area contributed by atoms with E-state index in [0.29, 0.717) is 5.69 Å². The number of carbonyl (C=O) groups is 1. The van der Waals surface area contributed by atoms with Crippen LogP contribution in [0.5, 0.6) is 0 Å². The normalized spacial score (nSPS) is 15.9. The van der Waals surface area contributed by atoms with Crippen LogP contribution in [0, 0.1) is 0 Å². The van der Waals surface area contributed by atoms with Crippen LogP contribution in [0.25, 0.3) is 11.3 Å². The maximum absolute atomic E-state index is 12.5. The van der Waals surface area contributed by atoms with Crippen molar-refractivity contribution in [2.24, 2.45) is 0 Å². The van der Waals surface area contributed by atoms with Crippen LogP contribution in [-0.2, 0) is 0 Å². The number of benzene rings is 1. The van der Waals surface area contributed by atoms with E-state index in [0.717, 1.165) is 37.2 Å². The smallest absolute Gasteiger partial charge is 0.271 e. The van der Waals surface area contributed by atoms with Crippen molar-refractivity contribution in [3.63, 3.8) is 0 Å². The lowest BCUT2D eigenvalue weighted by Gasteiger charge is -2.18. The van der Waals surface area contributed by atoms with E-state index in [2.05, 4.69) is 10.2 Å². The second-order valence-corrected chi connectivity index (χ2v) is 5.24. The first kappa shape index (κ1) is 12.9. The Morgan fingerprint density at radius 1 is 1.05 bits per heavy atom. The molecule has 1 aliphatic rings. The first-order valence-electron chi connectivity index (χ1n) is 7.25. The van der Waals surface area contributed by atoms with E-state index in [-0.39, 0.29) is 5.91 Å². The summed E-state index contributed by atoms with van der Waals surface area (Å²) in [7, 11) is 0. The number of aromatic nitrogens is 2. The van der Waals surface area contributed by atoms with Crippen LogP contribution in [-0.4, -0.2) is 34.1 Å². The minimum atomic E-state index is 0.0709. The van der Waals surface area contributed by atoms with Crippen LogP contribution in [0.3, 0.4) is 0 Å². The molecule has 1 fully saturated rings. The molecule has 0 bridgehead atoms. The Kier molecular flexibility index (Phi) is 3.81. The minimum Gasteiger partial charge on any atom is -0.337 e. The first-order valence-corrected chi connectivity index (χ1v) is 7.25. The quantitative estimate of drug-likeness (QED) is 0.910. The maximum atomic E-state index is 12.5. The SMILES string of the molecule is O=C(c1cc(-c2ccccc2)n[nH]1)N1CCCCCC1. The molecule has 4 nitrogen and oxygen atoms in total. The van der Waals surface area contributed by atoms with Gasteiger partial charge in [0.1, 0.15) is 5.69 Å². The molecule has 0 unspecified atom stereocenters. The topological polar surface area (TPSA) is 49.0 Å². The molecule has 2 heterocycles. The summed E-state index contributed by atoms with van der Waals surface area (Å²) >= 11 is 0. The third-order valence-corrected chi connectivity index (χ3v) is 3.77. The Balaban J connectivity index is 1.77. The van der Waals surface area contributed by atoms with E-state index in [9.17, 15) is 4.79 Å². The fraction of sp³-hybridized carbons (Fsp3) is 0.375. The molecule has 0 atom stereocenters. The molecule has 0 spiro atoms. The molecule has 1 aromatic carbocycles.